The highest BCUT2D eigenvalue weighted by Gasteiger charge is 2.21. The molecule has 2 aromatic rings. The van der Waals surface area contributed by atoms with Gasteiger partial charge in [-0.3, -0.25) is 4.55 Å². The normalized spacial score (nSPS) is 12.0. The molecule has 0 heterocycles. The van der Waals surface area contributed by atoms with E-state index in [1.54, 1.807) is 0 Å². The second kappa shape index (κ2) is 13.1. The SMILES string of the molecule is CCCCCCCCc1cc(CCCCCCCC)c2ccccc2c1S(=O)(=O)O. The molecule has 0 saturated heterocycles. The lowest BCUT2D eigenvalue weighted by molar-refractivity contribution is 0.482. The zero-order valence-electron chi connectivity index (χ0n) is 19.0. The number of fused-ring (bicyclic) bond motifs is 1. The van der Waals surface area contributed by atoms with Gasteiger partial charge >= 0.3 is 0 Å². The van der Waals surface area contributed by atoms with Crippen LogP contribution in [-0.4, -0.2) is 13.0 Å². The first kappa shape index (κ1) is 24.9. The zero-order chi connectivity index (χ0) is 21.8. The van der Waals surface area contributed by atoms with Gasteiger partial charge in [0.15, 0.2) is 0 Å². The fraction of sp³-hybridized carbons (Fsp3) is 0.615. The number of aryl methyl sites for hydroxylation is 2. The summed E-state index contributed by atoms with van der Waals surface area (Å²) in [5.74, 6) is 0. The number of unbranched alkanes of at least 4 members (excludes halogenated alkanes) is 10. The van der Waals surface area contributed by atoms with E-state index in [-0.39, 0.29) is 4.90 Å². The first-order valence-corrected chi connectivity index (χ1v) is 13.4. The summed E-state index contributed by atoms with van der Waals surface area (Å²) < 4.78 is 34.5. The lowest BCUT2D eigenvalue weighted by atomic mass is 9.94. The average Bonchev–Trinajstić information content (AvgIpc) is 2.72. The van der Waals surface area contributed by atoms with Gasteiger partial charge in [-0.25, -0.2) is 0 Å². The first-order chi connectivity index (χ1) is 14.5. The van der Waals surface area contributed by atoms with E-state index >= 15 is 0 Å². The lowest BCUT2D eigenvalue weighted by Gasteiger charge is -2.15. The maximum Gasteiger partial charge on any atom is 0.295 e. The third-order valence-electron chi connectivity index (χ3n) is 6.02. The summed E-state index contributed by atoms with van der Waals surface area (Å²) in [4.78, 5) is 0.123. The van der Waals surface area contributed by atoms with Gasteiger partial charge in [0.25, 0.3) is 10.1 Å². The number of hydrogen-bond acceptors (Lipinski definition) is 2. The third-order valence-corrected chi connectivity index (χ3v) is 7.01. The minimum absolute atomic E-state index is 0.123. The minimum Gasteiger partial charge on any atom is -0.282 e. The summed E-state index contributed by atoms with van der Waals surface area (Å²) in [6.07, 6.45) is 16.1. The van der Waals surface area contributed by atoms with Crippen LogP contribution in [0.2, 0.25) is 0 Å². The Kier molecular flexibility index (Phi) is 10.9. The van der Waals surface area contributed by atoms with Gasteiger partial charge in [0.1, 0.15) is 4.90 Å². The van der Waals surface area contributed by atoms with Gasteiger partial charge in [0.2, 0.25) is 0 Å². The highest BCUT2D eigenvalue weighted by Crippen LogP contribution is 2.32. The van der Waals surface area contributed by atoms with Crippen LogP contribution in [0.4, 0.5) is 0 Å². The second-order valence-electron chi connectivity index (χ2n) is 8.58. The molecule has 4 heteroatoms. The molecule has 1 N–H and O–H groups in total. The summed E-state index contributed by atoms with van der Waals surface area (Å²) >= 11 is 0. The van der Waals surface area contributed by atoms with Gasteiger partial charge in [0, 0.05) is 5.39 Å². The molecule has 2 aromatic carbocycles. The molecule has 0 aromatic heterocycles. The molecule has 30 heavy (non-hydrogen) atoms. The molecule has 0 amide bonds. The topological polar surface area (TPSA) is 54.4 Å². The van der Waals surface area contributed by atoms with E-state index in [1.165, 1.54) is 63.4 Å². The van der Waals surface area contributed by atoms with Crippen molar-refractivity contribution in [2.75, 3.05) is 0 Å². The van der Waals surface area contributed by atoms with Crippen LogP contribution in [0.5, 0.6) is 0 Å². The van der Waals surface area contributed by atoms with Crippen LogP contribution in [0.1, 0.15) is 102 Å². The summed E-state index contributed by atoms with van der Waals surface area (Å²) in [7, 11) is -4.26. The zero-order valence-corrected chi connectivity index (χ0v) is 19.8. The Hall–Kier alpha value is -1.39. The van der Waals surface area contributed by atoms with Gasteiger partial charge in [-0.15, -0.1) is 0 Å². The average molecular weight is 433 g/mol. The Balaban J connectivity index is 2.21. The molecule has 0 radical (unpaired) electrons. The fourth-order valence-corrected chi connectivity index (χ4v) is 5.32. The molecule has 0 aliphatic carbocycles. The standard InChI is InChI=1S/C26H40O3S/c1-3-5-7-9-11-13-17-22-21-23(18-14-12-10-8-6-4-2)26(30(27,28)29)25-20-16-15-19-24(22)25/h15-16,19-21H,3-14,17-18H2,1-2H3,(H,27,28,29). The maximum absolute atomic E-state index is 12.3. The van der Waals surface area contributed by atoms with Crippen molar-refractivity contribution in [1.82, 2.24) is 0 Å². The van der Waals surface area contributed by atoms with Crippen molar-refractivity contribution < 1.29 is 13.0 Å². The predicted octanol–water partition coefficient (Wildman–Crippen LogP) is 7.89. The molecule has 0 spiro atoms. The molecule has 168 valence electrons. The van der Waals surface area contributed by atoms with E-state index in [4.69, 9.17) is 0 Å². The number of hydrogen-bond donors (Lipinski definition) is 1. The van der Waals surface area contributed by atoms with E-state index in [0.717, 1.165) is 36.6 Å². The van der Waals surface area contributed by atoms with Crippen LogP contribution in [0.15, 0.2) is 35.2 Å². The van der Waals surface area contributed by atoms with E-state index in [9.17, 15) is 13.0 Å². The van der Waals surface area contributed by atoms with Gasteiger partial charge < -0.3 is 0 Å². The summed E-state index contributed by atoms with van der Waals surface area (Å²) in [5, 5.41) is 1.63. The molecule has 0 atom stereocenters. The summed E-state index contributed by atoms with van der Waals surface area (Å²) in [6, 6.07) is 9.71. The van der Waals surface area contributed by atoms with Crippen LogP contribution in [-0.2, 0) is 23.0 Å². The second-order valence-corrected chi connectivity index (χ2v) is 9.94. The maximum atomic E-state index is 12.3. The predicted molar refractivity (Wildman–Crippen MR) is 128 cm³/mol. The number of rotatable bonds is 15. The van der Waals surface area contributed by atoms with Crippen LogP contribution >= 0.6 is 0 Å². The van der Waals surface area contributed by atoms with Gasteiger partial charge in [-0.2, -0.15) is 8.42 Å². The first-order valence-electron chi connectivity index (χ1n) is 12.0. The van der Waals surface area contributed by atoms with Gasteiger partial charge in [-0.1, -0.05) is 108 Å². The van der Waals surface area contributed by atoms with E-state index in [2.05, 4.69) is 19.9 Å². The van der Waals surface area contributed by atoms with Crippen molar-refractivity contribution in [2.24, 2.45) is 0 Å². The highest BCUT2D eigenvalue weighted by molar-refractivity contribution is 7.86. The quantitative estimate of drug-likeness (QED) is 0.230. The minimum atomic E-state index is -4.26. The molecule has 0 aliphatic rings. The fourth-order valence-electron chi connectivity index (χ4n) is 4.38. The number of benzene rings is 2. The van der Waals surface area contributed by atoms with Crippen LogP contribution in [0, 0.1) is 0 Å². The van der Waals surface area contributed by atoms with Crippen molar-refractivity contribution in [3.63, 3.8) is 0 Å². The molecule has 0 aliphatic heterocycles. The largest absolute Gasteiger partial charge is 0.295 e. The Morgan fingerprint density at radius 2 is 1.13 bits per heavy atom. The van der Waals surface area contributed by atoms with Crippen molar-refractivity contribution in [2.45, 2.75) is 109 Å². The van der Waals surface area contributed by atoms with Crippen LogP contribution in [0.3, 0.4) is 0 Å². The van der Waals surface area contributed by atoms with E-state index < -0.39 is 10.1 Å². The Morgan fingerprint density at radius 3 is 1.67 bits per heavy atom. The Labute approximate surface area is 184 Å². The molecular formula is C26H40O3S. The van der Waals surface area contributed by atoms with Crippen LogP contribution in [0.25, 0.3) is 10.8 Å². The summed E-state index contributed by atoms with van der Waals surface area (Å²) in [5.41, 5.74) is 2.00. The molecule has 0 fully saturated rings. The highest BCUT2D eigenvalue weighted by atomic mass is 32.2. The Bertz CT molecular complexity index is 871. The van der Waals surface area contributed by atoms with E-state index in [0.29, 0.717) is 11.8 Å². The van der Waals surface area contributed by atoms with E-state index in [1.807, 2.05) is 24.3 Å². The molecular weight excluding hydrogens is 392 g/mol. The smallest absolute Gasteiger partial charge is 0.282 e. The molecule has 0 bridgehead atoms. The van der Waals surface area contributed by atoms with Gasteiger partial charge in [0.05, 0.1) is 0 Å². The molecule has 2 rings (SSSR count). The van der Waals surface area contributed by atoms with Crippen LogP contribution < -0.4 is 0 Å². The lowest BCUT2D eigenvalue weighted by Crippen LogP contribution is -2.06. The molecule has 3 nitrogen and oxygen atoms in total. The van der Waals surface area contributed by atoms with Gasteiger partial charge in [-0.05, 0) is 42.2 Å². The van der Waals surface area contributed by atoms with Crippen molar-refractivity contribution in [3.05, 3.63) is 41.5 Å². The monoisotopic (exact) mass is 432 g/mol. The third kappa shape index (κ3) is 7.70. The van der Waals surface area contributed by atoms with Crippen molar-refractivity contribution in [3.8, 4) is 0 Å². The van der Waals surface area contributed by atoms with Crippen molar-refractivity contribution in [1.29, 1.82) is 0 Å². The molecule has 0 saturated carbocycles. The van der Waals surface area contributed by atoms with Crippen molar-refractivity contribution >= 4 is 20.9 Å². The molecule has 0 unspecified atom stereocenters. The summed E-state index contributed by atoms with van der Waals surface area (Å²) in [6.45, 7) is 4.44. The Morgan fingerprint density at radius 1 is 0.667 bits per heavy atom.